The number of hydrogen-bond donors (Lipinski definition) is 1. The predicted molar refractivity (Wildman–Crippen MR) is 106 cm³/mol. The third kappa shape index (κ3) is 3.91. The molecule has 0 spiro atoms. The van der Waals surface area contributed by atoms with E-state index in [2.05, 4.69) is 30.8 Å². The number of carbonyl (C=O) groups excluding carboxylic acids is 1. The molecule has 0 saturated carbocycles. The van der Waals surface area contributed by atoms with Gasteiger partial charge in [0, 0.05) is 13.5 Å². The Hall–Kier alpha value is -3.82. The van der Waals surface area contributed by atoms with Crippen LogP contribution in [0.15, 0.2) is 42.5 Å². The highest BCUT2D eigenvalue weighted by Gasteiger charge is 2.18. The molecule has 0 aliphatic carbocycles. The zero-order chi connectivity index (χ0) is 20.2. The summed E-state index contributed by atoms with van der Waals surface area (Å²) in [5.74, 6) is 0.924. The summed E-state index contributed by atoms with van der Waals surface area (Å²) < 4.78 is 9.26. The Kier molecular flexibility index (Phi) is 5.14. The van der Waals surface area contributed by atoms with E-state index in [0.717, 1.165) is 17.5 Å². The minimum atomic E-state index is -0.0605. The number of para-hydroxylation sites is 2. The summed E-state index contributed by atoms with van der Waals surface area (Å²) >= 11 is 0. The van der Waals surface area contributed by atoms with E-state index in [1.807, 2.05) is 43.3 Å². The summed E-state index contributed by atoms with van der Waals surface area (Å²) in [4.78, 5) is 20.8. The van der Waals surface area contributed by atoms with Crippen molar-refractivity contribution in [1.29, 1.82) is 0 Å². The lowest BCUT2D eigenvalue weighted by atomic mass is 10.3. The van der Waals surface area contributed by atoms with E-state index in [1.54, 1.807) is 22.4 Å². The second-order valence-corrected chi connectivity index (χ2v) is 6.42. The fourth-order valence-electron chi connectivity index (χ4n) is 2.91. The fraction of sp³-hybridized carbons (Fsp3) is 0.263. The van der Waals surface area contributed by atoms with Crippen molar-refractivity contribution in [2.75, 3.05) is 5.32 Å². The summed E-state index contributed by atoms with van der Waals surface area (Å²) in [5.41, 5.74) is 2.25. The molecule has 10 heteroatoms. The molecule has 3 heterocycles. The van der Waals surface area contributed by atoms with Crippen LogP contribution < -0.4 is 10.1 Å². The van der Waals surface area contributed by atoms with Crippen LogP contribution in [-0.4, -0.2) is 40.6 Å². The Morgan fingerprint density at radius 3 is 2.79 bits per heavy atom. The van der Waals surface area contributed by atoms with E-state index in [-0.39, 0.29) is 12.5 Å². The predicted octanol–water partition coefficient (Wildman–Crippen LogP) is 2.26. The number of amides is 1. The quantitative estimate of drug-likeness (QED) is 0.513. The third-order valence-electron chi connectivity index (χ3n) is 4.23. The van der Waals surface area contributed by atoms with E-state index < -0.39 is 0 Å². The minimum absolute atomic E-state index is 0.0605. The monoisotopic (exact) mass is 392 g/mol. The maximum absolute atomic E-state index is 11.8. The number of hydrogen-bond acceptors (Lipinski definition) is 7. The molecule has 148 valence electrons. The number of nitrogens with zero attached hydrogens (tertiary/aromatic N) is 7. The Morgan fingerprint density at radius 1 is 1.14 bits per heavy atom. The van der Waals surface area contributed by atoms with Gasteiger partial charge in [0.1, 0.15) is 12.4 Å². The highest BCUT2D eigenvalue weighted by atomic mass is 16.5. The molecule has 4 aromatic rings. The van der Waals surface area contributed by atoms with Crippen LogP contribution in [0.5, 0.6) is 6.01 Å². The number of nitrogens with one attached hydrogen (secondary N) is 1. The Labute approximate surface area is 166 Å². The van der Waals surface area contributed by atoms with Crippen LogP contribution in [0.3, 0.4) is 0 Å². The van der Waals surface area contributed by atoms with Crippen LogP contribution in [0.1, 0.15) is 25.5 Å². The third-order valence-corrected chi connectivity index (χ3v) is 4.23. The second kappa shape index (κ2) is 8.05. The number of carbonyl (C=O) groups is 1. The molecule has 1 N–H and O–H groups in total. The van der Waals surface area contributed by atoms with Crippen LogP contribution in [0.4, 0.5) is 5.82 Å². The summed E-state index contributed by atoms with van der Waals surface area (Å²) in [5, 5.41) is 14.5. The molecular weight excluding hydrogens is 372 g/mol. The molecule has 0 fully saturated rings. The topological polar surface area (TPSA) is 113 Å². The number of ether oxygens (including phenoxy) is 1. The molecule has 0 unspecified atom stereocenters. The lowest BCUT2D eigenvalue weighted by Crippen LogP contribution is -2.13. The molecule has 1 aromatic carbocycles. The molecule has 0 radical (unpaired) electrons. The van der Waals surface area contributed by atoms with Crippen molar-refractivity contribution >= 4 is 22.8 Å². The van der Waals surface area contributed by atoms with E-state index in [1.165, 1.54) is 0 Å². The van der Waals surface area contributed by atoms with Gasteiger partial charge >= 0.3 is 6.01 Å². The van der Waals surface area contributed by atoms with Crippen LogP contribution in [0.2, 0.25) is 0 Å². The molecule has 0 atom stereocenters. The number of tetrazole rings is 1. The molecule has 0 aliphatic rings. The van der Waals surface area contributed by atoms with Crippen molar-refractivity contribution in [3.63, 3.8) is 0 Å². The Bertz CT molecular complexity index is 1150. The molecule has 0 aliphatic heterocycles. The van der Waals surface area contributed by atoms with Gasteiger partial charge in [0.15, 0.2) is 0 Å². The first-order chi connectivity index (χ1) is 14.2. The smallest absolute Gasteiger partial charge is 0.305 e. The van der Waals surface area contributed by atoms with E-state index in [0.29, 0.717) is 29.9 Å². The van der Waals surface area contributed by atoms with Gasteiger partial charge in [-0.1, -0.05) is 30.2 Å². The number of aryl methyl sites for hydroxylation is 1. The number of rotatable bonds is 7. The van der Waals surface area contributed by atoms with Gasteiger partial charge in [0.05, 0.1) is 16.7 Å². The van der Waals surface area contributed by atoms with E-state index >= 15 is 0 Å². The maximum atomic E-state index is 11.8. The summed E-state index contributed by atoms with van der Waals surface area (Å²) in [6, 6.07) is 13.4. The van der Waals surface area contributed by atoms with Crippen molar-refractivity contribution in [1.82, 2.24) is 34.7 Å². The fourth-order valence-corrected chi connectivity index (χ4v) is 2.91. The van der Waals surface area contributed by atoms with Crippen LogP contribution >= 0.6 is 0 Å². The maximum Gasteiger partial charge on any atom is 0.305 e. The van der Waals surface area contributed by atoms with Gasteiger partial charge in [-0.3, -0.25) is 4.79 Å². The van der Waals surface area contributed by atoms with Crippen LogP contribution in [0.25, 0.3) is 17.0 Å². The number of benzene rings is 1. The highest BCUT2D eigenvalue weighted by Crippen LogP contribution is 2.25. The lowest BCUT2D eigenvalue weighted by Gasteiger charge is -2.09. The normalized spacial score (nSPS) is 11.0. The standard InChI is InChI=1S/C19H20N8O2/c1-3-7-17(28)22-16-11-6-8-13(20-16)12-29-19-21-14-9-4-5-10-15(14)27(19)18-23-24-25-26(18)2/h4-6,8-11H,3,7,12H2,1-2H3,(H,20,22,28). The van der Waals surface area contributed by atoms with Gasteiger partial charge in [-0.05, 0) is 41.1 Å². The van der Waals surface area contributed by atoms with Gasteiger partial charge < -0.3 is 10.1 Å². The largest absolute Gasteiger partial charge is 0.458 e. The molecular formula is C19H20N8O2. The lowest BCUT2D eigenvalue weighted by molar-refractivity contribution is -0.116. The summed E-state index contributed by atoms with van der Waals surface area (Å²) in [6.07, 6.45) is 1.24. The number of imidazole rings is 1. The van der Waals surface area contributed by atoms with Crippen molar-refractivity contribution in [3.8, 4) is 12.0 Å². The highest BCUT2D eigenvalue weighted by molar-refractivity contribution is 5.89. The average Bonchev–Trinajstić information content (AvgIpc) is 3.29. The molecule has 29 heavy (non-hydrogen) atoms. The van der Waals surface area contributed by atoms with Crippen LogP contribution in [-0.2, 0) is 18.4 Å². The zero-order valence-corrected chi connectivity index (χ0v) is 16.1. The summed E-state index contributed by atoms with van der Waals surface area (Å²) in [6.45, 7) is 2.13. The average molecular weight is 392 g/mol. The van der Waals surface area contributed by atoms with Gasteiger partial charge in [-0.15, -0.1) is 0 Å². The number of fused-ring (bicyclic) bond motifs is 1. The van der Waals surface area contributed by atoms with Gasteiger partial charge in [0.25, 0.3) is 5.95 Å². The molecule has 0 bridgehead atoms. The zero-order valence-electron chi connectivity index (χ0n) is 16.1. The van der Waals surface area contributed by atoms with E-state index in [9.17, 15) is 4.79 Å². The number of anilines is 1. The van der Waals surface area contributed by atoms with E-state index in [4.69, 9.17) is 4.74 Å². The Balaban J connectivity index is 1.59. The van der Waals surface area contributed by atoms with Crippen molar-refractivity contribution in [3.05, 3.63) is 48.2 Å². The van der Waals surface area contributed by atoms with Gasteiger partial charge in [0.2, 0.25) is 5.91 Å². The first kappa shape index (κ1) is 18.5. The first-order valence-corrected chi connectivity index (χ1v) is 9.24. The molecule has 4 rings (SSSR count). The molecule has 0 saturated heterocycles. The van der Waals surface area contributed by atoms with Crippen LogP contribution in [0, 0.1) is 0 Å². The van der Waals surface area contributed by atoms with Crippen molar-refractivity contribution in [2.24, 2.45) is 7.05 Å². The minimum Gasteiger partial charge on any atom is -0.458 e. The summed E-state index contributed by atoms with van der Waals surface area (Å²) in [7, 11) is 1.75. The molecule has 1 amide bonds. The SMILES string of the molecule is CCCC(=O)Nc1cccc(COc2nc3ccccc3n2-c2nnnn2C)n1. The van der Waals surface area contributed by atoms with Gasteiger partial charge in [-0.25, -0.2) is 14.2 Å². The molecule has 10 nitrogen and oxygen atoms in total. The number of aromatic nitrogens is 7. The first-order valence-electron chi connectivity index (χ1n) is 9.24. The molecule has 3 aromatic heterocycles. The number of pyridine rings is 1. The van der Waals surface area contributed by atoms with Crippen molar-refractivity contribution < 1.29 is 9.53 Å². The Morgan fingerprint density at radius 2 is 2.00 bits per heavy atom. The second-order valence-electron chi connectivity index (χ2n) is 6.42. The van der Waals surface area contributed by atoms with Gasteiger partial charge in [-0.2, -0.15) is 4.98 Å². The van der Waals surface area contributed by atoms with Crippen molar-refractivity contribution in [2.45, 2.75) is 26.4 Å².